The number of benzene rings is 1. The summed E-state index contributed by atoms with van der Waals surface area (Å²) >= 11 is 0. The third-order valence-corrected chi connectivity index (χ3v) is 3.25. The second-order valence-corrected chi connectivity index (χ2v) is 4.28. The monoisotopic (exact) mass is 236 g/mol. The predicted molar refractivity (Wildman–Crippen MR) is 67.6 cm³/mol. The molecule has 1 aromatic rings. The minimum atomic E-state index is 0.705. The second kappa shape index (κ2) is 5.38. The molecule has 0 saturated carbocycles. The number of methoxy groups -OCH3 is 2. The minimum absolute atomic E-state index is 0.705. The van der Waals surface area contributed by atoms with Crippen molar-refractivity contribution in [1.29, 1.82) is 0 Å². The van der Waals surface area contributed by atoms with Crippen LogP contribution in [-0.4, -0.2) is 38.8 Å². The fourth-order valence-electron chi connectivity index (χ4n) is 2.36. The van der Waals surface area contributed by atoms with E-state index in [1.807, 2.05) is 6.07 Å². The molecule has 0 fully saturated rings. The van der Waals surface area contributed by atoms with Crippen LogP contribution in [0.25, 0.3) is 0 Å². The summed E-state index contributed by atoms with van der Waals surface area (Å²) in [5, 5.41) is 0. The summed E-state index contributed by atoms with van der Waals surface area (Å²) in [6.07, 6.45) is 1.02. The molecule has 1 aliphatic heterocycles. The number of fused-ring (bicyclic) bond motifs is 1. The van der Waals surface area contributed by atoms with E-state index in [1.165, 1.54) is 11.1 Å². The molecule has 2 N–H and O–H groups in total. The van der Waals surface area contributed by atoms with Crippen LogP contribution in [0, 0.1) is 0 Å². The van der Waals surface area contributed by atoms with Gasteiger partial charge in [0.2, 0.25) is 0 Å². The Kier molecular flexibility index (Phi) is 3.86. The van der Waals surface area contributed by atoms with E-state index in [0.29, 0.717) is 6.54 Å². The molecule has 2 rings (SSSR count). The zero-order valence-electron chi connectivity index (χ0n) is 10.5. The smallest absolute Gasteiger partial charge is 0.126 e. The molecule has 1 aliphatic rings. The molecule has 17 heavy (non-hydrogen) atoms. The molecule has 0 atom stereocenters. The first-order chi connectivity index (χ1) is 8.28. The van der Waals surface area contributed by atoms with Crippen LogP contribution >= 0.6 is 0 Å². The maximum atomic E-state index is 5.60. The molecule has 1 aromatic carbocycles. The average Bonchev–Trinajstić information content (AvgIpc) is 2.37. The van der Waals surface area contributed by atoms with E-state index in [9.17, 15) is 0 Å². The van der Waals surface area contributed by atoms with E-state index >= 15 is 0 Å². The summed E-state index contributed by atoms with van der Waals surface area (Å²) < 4.78 is 10.7. The summed E-state index contributed by atoms with van der Waals surface area (Å²) in [5.41, 5.74) is 8.20. The maximum absolute atomic E-state index is 5.60. The predicted octanol–water partition coefficient (Wildman–Crippen LogP) is 1.02. The summed E-state index contributed by atoms with van der Waals surface area (Å²) in [6, 6.07) is 4.05. The number of nitrogens with two attached hydrogens (primary N) is 1. The Balaban J connectivity index is 2.29. The quantitative estimate of drug-likeness (QED) is 0.848. The number of ether oxygens (including phenoxy) is 2. The van der Waals surface area contributed by atoms with Crippen molar-refractivity contribution in [3.05, 3.63) is 23.3 Å². The third kappa shape index (κ3) is 2.53. The van der Waals surface area contributed by atoms with E-state index in [1.54, 1.807) is 14.2 Å². The van der Waals surface area contributed by atoms with Gasteiger partial charge in [-0.3, -0.25) is 4.90 Å². The highest BCUT2D eigenvalue weighted by atomic mass is 16.5. The number of rotatable bonds is 4. The fraction of sp³-hybridized carbons (Fsp3) is 0.538. The van der Waals surface area contributed by atoms with Crippen molar-refractivity contribution in [1.82, 2.24) is 4.90 Å². The lowest BCUT2D eigenvalue weighted by Gasteiger charge is -2.29. The largest absolute Gasteiger partial charge is 0.497 e. The highest BCUT2D eigenvalue weighted by Crippen LogP contribution is 2.32. The van der Waals surface area contributed by atoms with Crippen molar-refractivity contribution in [2.24, 2.45) is 5.73 Å². The van der Waals surface area contributed by atoms with Crippen LogP contribution in [0.15, 0.2) is 12.1 Å². The maximum Gasteiger partial charge on any atom is 0.126 e. The Hall–Kier alpha value is -1.26. The van der Waals surface area contributed by atoms with Gasteiger partial charge in [-0.25, -0.2) is 0 Å². The Labute approximate surface area is 102 Å². The Morgan fingerprint density at radius 1 is 1.29 bits per heavy atom. The van der Waals surface area contributed by atoms with Gasteiger partial charge in [-0.05, 0) is 18.1 Å². The van der Waals surface area contributed by atoms with E-state index in [-0.39, 0.29) is 0 Å². The summed E-state index contributed by atoms with van der Waals surface area (Å²) in [4.78, 5) is 2.36. The lowest BCUT2D eigenvalue weighted by atomic mass is 9.98. The highest BCUT2D eigenvalue weighted by Gasteiger charge is 2.20. The summed E-state index contributed by atoms with van der Waals surface area (Å²) in [5.74, 6) is 1.79. The second-order valence-electron chi connectivity index (χ2n) is 4.28. The lowest BCUT2D eigenvalue weighted by molar-refractivity contribution is 0.257. The molecule has 94 valence electrons. The molecule has 0 amide bonds. The standard InChI is InChI=1S/C13H20N2O2/c1-16-11-7-10-9-15(6-4-14)5-3-12(10)13(8-11)17-2/h7-8H,3-6,9,14H2,1-2H3. The zero-order valence-corrected chi connectivity index (χ0v) is 10.5. The molecule has 0 spiro atoms. The van der Waals surface area contributed by atoms with Gasteiger partial charge in [0.05, 0.1) is 14.2 Å². The summed E-state index contributed by atoms with van der Waals surface area (Å²) in [7, 11) is 3.39. The minimum Gasteiger partial charge on any atom is -0.497 e. The van der Waals surface area contributed by atoms with Gasteiger partial charge >= 0.3 is 0 Å². The first-order valence-electron chi connectivity index (χ1n) is 5.94. The van der Waals surface area contributed by atoms with Gasteiger partial charge in [-0.1, -0.05) is 0 Å². The van der Waals surface area contributed by atoms with Crippen molar-refractivity contribution in [3.8, 4) is 11.5 Å². The molecule has 0 aromatic heterocycles. The topological polar surface area (TPSA) is 47.7 Å². The molecule has 4 nitrogen and oxygen atoms in total. The van der Waals surface area contributed by atoms with Gasteiger partial charge in [0.1, 0.15) is 11.5 Å². The van der Waals surface area contributed by atoms with Crippen molar-refractivity contribution in [2.45, 2.75) is 13.0 Å². The average molecular weight is 236 g/mol. The van der Waals surface area contributed by atoms with Crippen molar-refractivity contribution in [2.75, 3.05) is 33.9 Å². The summed E-state index contributed by atoms with van der Waals surface area (Å²) in [6.45, 7) is 3.63. The van der Waals surface area contributed by atoms with Crippen LogP contribution in [0.4, 0.5) is 0 Å². The molecule has 0 aliphatic carbocycles. The SMILES string of the molecule is COc1cc2c(c(OC)c1)CCN(CCN)C2. The molecule has 1 heterocycles. The first-order valence-corrected chi connectivity index (χ1v) is 5.94. The van der Waals surface area contributed by atoms with Crippen LogP contribution in [0.3, 0.4) is 0 Å². The van der Waals surface area contributed by atoms with Crippen molar-refractivity contribution < 1.29 is 9.47 Å². The first kappa shape index (κ1) is 12.2. The van der Waals surface area contributed by atoms with Gasteiger partial charge in [-0.2, -0.15) is 0 Å². The molecule has 0 unspecified atom stereocenters. The van der Waals surface area contributed by atoms with Gasteiger partial charge in [0.15, 0.2) is 0 Å². The normalized spacial score (nSPS) is 15.5. The molecular weight excluding hydrogens is 216 g/mol. The Morgan fingerprint density at radius 2 is 2.12 bits per heavy atom. The van der Waals surface area contributed by atoms with E-state index in [4.69, 9.17) is 15.2 Å². The van der Waals surface area contributed by atoms with Crippen LogP contribution in [0.1, 0.15) is 11.1 Å². The van der Waals surface area contributed by atoms with Crippen LogP contribution in [-0.2, 0) is 13.0 Å². The van der Waals surface area contributed by atoms with E-state index < -0.39 is 0 Å². The Bertz CT molecular complexity index is 393. The van der Waals surface area contributed by atoms with Crippen molar-refractivity contribution >= 4 is 0 Å². The van der Waals surface area contributed by atoms with Crippen LogP contribution in [0.5, 0.6) is 11.5 Å². The molecular formula is C13H20N2O2. The fourth-order valence-corrected chi connectivity index (χ4v) is 2.36. The van der Waals surface area contributed by atoms with Crippen LogP contribution in [0.2, 0.25) is 0 Å². The van der Waals surface area contributed by atoms with Crippen molar-refractivity contribution in [3.63, 3.8) is 0 Å². The van der Waals surface area contributed by atoms with E-state index in [2.05, 4.69) is 11.0 Å². The number of hydrogen-bond donors (Lipinski definition) is 1. The third-order valence-electron chi connectivity index (χ3n) is 3.25. The lowest BCUT2D eigenvalue weighted by Crippen LogP contribution is -2.34. The molecule has 0 bridgehead atoms. The van der Waals surface area contributed by atoms with E-state index in [0.717, 1.165) is 37.6 Å². The number of hydrogen-bond acceptors (Lipinski definition) is 4. The van der Waals surface area contributed by atoms with Gasteiger partial charge in [0, 0.05) is 37.8 Å². The van der Waals surface area contributed by atoms with Gasteiger partial charge in [-0.15, -0.1) is 0 Å². The molecule has 0 radical (unpaired) electrons. The van der Waals surface area contributed by atoms with Gasteiger partial charge < -0.3 is 15.2 Å². The molecule has 4 heteroatoms. The zero-order chi connectivity index (χ0) is 12.3. The Morgan fingerprint density at radius 3 is 2.76 bits per heavy atom. The molecule has 0 saturated heterocycles. The van der Waals surface area contributed by atoms with Gasteiger partial charge in [0.25, 0.3) is 0 Å². The highest BCUT2D eigenvalue weighted by molar-refractivity contribution is 5.47. The number of nitrogens with zero attached hydrogens (tertiary/aromatic N) is 1. The van der Waals surface area contributed by atoms with Crippen LogP contribution < -0.4 is 15.2 Å².